The molecule has 1 amide bonds. The minimum Gasteiger partial charge on any atom is -0.459 e. The van der Waals surface area contributed by atoms with Crippen molar-refractivity contribution in [2.75, 3.05) is 33.8 Å². The normalized spacial score (nSPS) is 40.6. The van der Waals surface area contributed by atoms with Gasteiger partial charge in [-0.3, -0.25) is 14.4 Å². The van der Waals surface area contributed by atoms with Crippen LogP contribution in [-0.2, 0) is 33.3 Å². The summed E-state index contributed by atoms with van der Waals surface area (Å²) in [6, 6.07) is -0.835. The van der Waals surface area contributed by atoms with Crippen LogP contribution < -0.4 is 10.6 Å². The van der Waals surface area contributed by atoms with E-state index in [-0.39, 0.29) is 37.5 Å². The molecule has 0 aromatic heterocycles. The number of ether oxygens (including phenoxy) is 4. The van der Waals surface area contributed by atoms with Crippen molar-refractivity contribution in [2.24, 2.45) is 29.6 Å². The molecule has 0 spiro atoms. The third kappa shape index (κ3) is 11.4. The number of aliphatic hydroxyl groups excluding tert-OH is 2. The van der Waals surface area contributed by atoms with E-state index in [4.69, 9.17) is 18.9 Å². The van der Waals surface area contributed by atoms with Crippen molar-refractivity contribution in [3.8, 4) is 0 Å². The fourth-order valence-electron chi connectivity index (χ4n) is 7.25. The van der Waals surface area contributed by atoms with Crippen molar-refractivity contribution in [3.63, 3.8) is 0 Å². The predicted molar refractivity (Wildman–Crippen MR) is 190 cm³/mol. The number of hydrogen-bond acceptors (Lipinski definition) is 12. The largest absolute Gasteiger partial charge is 0.459 e. The summed E-state index contributed by atoms with van der Waals surface area (Å²) in [6.45, 7) is 21.2. The Hall–Kier alpha value is -1.71. The second kappa shape index (κ2) is 18.9. The van der Waals surface area contributed by atoms with Crippen molar-refractivity contribution in [2.45, 2.75) is 156 Å². The molecule has 5 N–H and O–H groups in total. The number of cyclic esters (lactones) is 1. The lowest BCUT2D eigenvalue weighted by Crippen LogP contribution is -2.60. The molecule has 14 atom stereocenters. The van der Waals surface area contributed by atoms with Gasteiger partial charge in [0.1, 0.15) is 23.7 Å². The first kappa shape index (κ1) is 44.5. The molecule has 0 saturated carbocycles. The number of hydrogen-bond donors (Lipinski definition) is 5. The number of nitrogens with one attached hydrogen (secondary N) is 2. The van der Waals surface area contributed by atoms with Crippen LogP contribution >= 0.6 is 0 Å². The van der Waals surface area contributed by atoms with E-state index in [1.54, 1.807) is 20.8 Å². The summed E-state index contributed by atoms with van der Waals surface area (Å²) in [5.41, 5.74) is -3.25. The Morgan fingerprint density at radius 3 is 2.20 bits per heavy atom. The molecule has 13 nitrogen and oxygen atoms in total. The Balaban J connectivity index is 2.67. The molecule has 13 heteroatoms. The third-order valence-electron chi connectivity index (χ3n) is 10.5. The molecule has 2 aliphatic rings. The number of aliphatic hydroxyl groups is 3. The van der Waals surface area contributed by atoms with Gasteiger partial charge in [-0.15, -0.1) is 0 Å². The highest BCUT2D eigenvalue weighted by molar-refractivity contribution is 6.00. The average Bonchev–Trinajstić information content (AvgIpc) is 3.03. The Labute approximate surface area is 300 Å². The maximum Gasteiger partial charge on any atom is 0.316 e. The van der Waals surface area contributed by atoms with Crippen molar-refractivity contribution >= 4 is 17.7 Å². The van der Waals surface area contributed by atoms with Crippen LogP contribution in [0.2, 0.25) is 0 Å². The summed E-state index contributed by atoms with van der Waals surface area (Å²) in [7, 11) is 3.75. The molecular formula is C37H69N3O10. The van der Waals surface area contributed by atoms with E-state index < -0.39 is 83.4 Å². The number of likely N-dealkylation sites (N-methyl/N-ethyl adjacent to an activating group) is 1. The van der Waals surface area contributed by atoms with Gasteiger partial charge in [0.05, 0.1) is 36.4 Å². The summed E-state index contributed by atoms with van der Waals surface area (Å²) >= 11 is 0. The molecule has 0 aliphatic carbocycles. The number of Topliss-reactive ketones (excluding diaryl/α,β-unsaturated/α-hetero) is 1. The Morgan fingerprint density at radius 1 is 1.02 bits per heavy atom. The number of nitrogens with zero attached hydrogens (tertiary/aromatic N) is 1. The Morgan fingerprint density at radius 2 is 1.64 bits per heavy atom. The van der Waals surface area contributed by atoms with Gasteiger partial charge in [0.2, 0.25) is 5.91 Å². The Bertz CT molecular complexity index is 1110. The molecule has 2 aliphatic heterocycles. The molecule has 292 valence electrons. The fraction of sp³-hybridized carbons (Fsp3) is 0.919. The number of ketones is 1. The number of carbonyl (C=O) groups excluding carboxylic acids is 3. The van der Waals surface area contributed by atoms with E-state index in [0.717, 1.165) is 6.54 Å². The van der Waals surface area contributed by atoms with Crippen molar-refractivity contribution in [1.29, 1.82) is 0 Å². The maximum absolute atomic E-state index is 14.3. The zero-order valence-electron chi connectivity index (χ0n) is 32.9. The quantitative estimate of drug-likeness (QED) is 0.156. The molecule has 2 saturated heterocycles. The minimum atomic E-state index is -1.99. The highest BCUT2D eigenvalue weighted by atomic mass is 16.7. The van der Waals surface area contributed by atoms with Gasteiger partial charge in [0.15, 0.2) is 12.1 Å². The van der Waals surface area contributed by atoms with Crippen LogP contribution in [0.3, 0.4) is 0 Å². The molecule has 0 aromatic carbocycles. The van der Waals surface area contributed by atoms with E-state index in [1.165, 1.54) is 20.8 Å². The van der Waals surface area contributed by atoms with Crippen LogP contribution in [0.15, 0.2) is 0 Å². The first-order valence-corrected chi connectivity index (χ1v) is 18.5. The molecule has 0 radical (unpaired) electrons. The summed E-state index contributed by atoms with van der Waals surface area (Å²) in [4.78, 5) is 43.2. The minimum absolute atomic E-state index is 0.0608. The lowest BCUT2D eigenvalue weighted by Gasteiger charge is -2.47. The second-order valence-electron chi connectivity index (χ2n) is 16.2. The maximum atomic E-state index is 14.3. The van der Waals surface area contributed by atoms with Crippen LogP contribution in [0.25, 0.3) is 0 Å². The molecule has 1 unspecified atom stereocenters. The molecule has 2 heterocycles. The van der Waals surface area contributed by atoms with E-state index in [9.17, 15) is 29.7 Å². The molecule has 2 fully saturated rings. The standard InChI is InChI=1S/C37H69N3O10/c1-14-28-37(11,46)31(43)26(9)33(44)39-22(5)16-36(10,47-19-21(4)18-38-17-20(2)3)32(24(7)29(41)25(8)34(45)49-28)50-35-30(42)27(40(12)13)15-23(6)48-35/h20-28,30-32,35,38,42-43,46H,14-19H2,1-13H3,(H,39,44)/t21?,22-,23-,24+,25-,26-,27+,28-,30-,31-,32-,35+,36-,37-/m1/s1. The molecule has 2 rings (SSSR count). The molecule has 0 bridgehead atoms. The van der Waals surface area contributed by atoms with E-state index >= 15 is 0 Å². The lowest BCUT2D eigenvalue weighted by atomic mass is 9.79. The first-order chi connectivity index (χ1) is 23.1. The Kier molecular flexibility index (Phi) is 16.8. The van der Waals surface area contributed by atoms with Crippen LogP contribution in [0.5, 0.6) is 0 Å². The zero-order valence-corrected chi connectivity index (χ0v) is 32.9. The average molecular weight is 716 g/mol. The van der Waals surface area contributed by atoms with E-state index in [1.807, 2.05) is 39.8 Å². The summed E-state index contributed by atoms with van der Waals surface area (Å²) in [6.07, 6.45) is -5.42. The van der Waals surface area contributed by atoms with Gasteiger partial charge in [-0.2, -0.15) is 0 Å². The highest BCUT2D eigenvalue weighted by Gasteiger charge is 2.51. The van der Waals surface area contributed by atoms with Crippen molar-refractivity contribution in [3.05, 3.63) is 0 Å². The van der Waals surface area contributed by atoms with Crippen molar-refractivity contribution in [1.82, 2.24) is 15.5 Å². The van der Waals surface area contributed by atoms with Gasteiger partial charge >= 0.3 is 5.97 Å². The van der Waals surface area contributed by atoms with E-state index in [2.05, 4.69) is 24.5 Å². The monoisotopic (exact) mass is 715 g/mol. The van der Waals surface area contributed by atoms with Crippen LogP contribution in [0.1, 0.15) is 95.4 Å². The topological polar surface area (TPSA) is 176 Å². The second-order valence-corrected chi connectivity index (χ2v) is 16.2. The SMILES string of the molecule is CC[C@H]1OC(=O)[C@H](C)C(=O)[C@H](C)[C@@H](O[C@@H]2O[C@H](C)C[C@H](N(C)C)[C@H]2O)[C@](C)(OCC(C)CNCC(C)C)C[C@@H](C)NC(=O)[C@H](C)[C@@H](O)[C@]1(C)O. The van der Waals surface area contributed by atoms with E-state index in [0.29, 0.717) is 18.9 Å². The predicted octanol–water partition coefficient (Wildman–Crippen LogP) is 2.27. The van der Waals surface area contributed by atoms with Gasteiger partial charge in [-0.1, -0.05) is 41.5 Å². The lowest BCUT2D eigenvalue weighted by molar-refractivity contribution is -0.298. The number of carbonyl (C=O) groups is 3. The van der Waals surface area contributed by atoms with Gasteiger partial charge in [-0.25, -0.2) is 0 Å². The van der Waals surface area contributed by atoms with Crippen LogP contribution in [0, 0.1) is 29.6 Å². The molecule has 50 heavy (non-hydrogen) atoms. The number of esters is 1. The van der Waals surface area contributed by atoms with Gasteiger partial charge in [0.25, 0.3) is 0 Å². The van der Waals surface area contributed by atoms with Gasteiger partial charge in [0, 0.05) is 18.0 Å². The van der Waals surface area contributed by atoms with Crippen LogP contribution in [-0.4, -0.2) is 132 Å². The van der Waals surface area contributed by atoms with Gasteiger partial charge in [-0.05, 0) is 92.9 Å². The summed E-state index contributed by atoms with van der Waals surface area (Å²) < 4.78 is 25.3. The highest BCUT2D eigenvalue weighted by Crippen LogP contribution is 2.37. The number of rotatable bonds is 11. The van der Waals surface area contributed by atoms with Gasteiger partial charge < -0.3 is 49.8 Å². The van der Waals surface area contributed by atoms with Crippen molar-refractivity contribution < 1.29 is 48.7 Å². The first-order valence-electron chi connectivity index (χ1n) is 18.5. The fourth-order valence-corrected chi connectivity index (χ4v) is 7.25. The molecule has 0 aromatic rings. The summed E-state index contributed by atoms with van der Waals surface area (Å²) in [5, 5.41) is 40.5. The summed E-state index contributed by atoms with van der Waals surface area (Å²) in [5.74, 6) is -4.66. The zero-order chi connectivity index (χ0) is 38.3. The third-order valence-corrected chi connectivity index (χ3v) is 10.5. The van der Waals surface area contributed by atoms with Crippen LogP contribution in [0.4, 0.5) is 0 Å². The number of amides is 1. The smallest absolute Gasteiger partial charge is 0.316 e. The molecular weight excluding hydrogens is 646 g/mol.